The largest absolute Gasteiger partial charge is 0.381 e. The molecule has 2 N–H and O–H groups in total. The maximum Gasteiger partial charge on any atom is 0.191 e. The van der Waals surface area contributed by atoms with Crippen LogP contribution in [0.5, 0.6) is 0 Å². The van der Waals surface area contributed by atoms with Crippen LogP contribution in [-0.2, 0) is 11.3 Å². The van der Waals surface area contributed by atoms with E-state index in [-0.39, 0.29) is 10.6 Å². The number of benzene rings is 1. The normalized spacial score (nSPS) is 17.8. The van der Waals surface area contributed by atoms with Gasteiger partial charge < -0.3 is 15.4 Å². The van der Waals surface area contributed by atoms with E-state index in [0.717, 1.165) is 49.9 Å². The summed E-state index contributed by atoms with van der Waals surface area (Å²) in [6.07, 6.45) is 2.13. The molecule has 0 aromatic heterocycles. The topological polar surface area (TPSA) is 45.7 Å². The van der Waals surface area contributed by atoms with Crippen molar-refractivity contribution in [2.75, 3.05) is 32.6 Å². The van der Waals surface area contributed by atoms with Crippen LogP contribution in [0.2, 0.25) is 0 Å². The number of nitrogens with one attached hydrogen (secondary N) is 2. The van der Waals surface area contributed by atoms with Crippen LogP contribution in [0.1, 0.15) is 25.3 Å². The van der Waals surface area contributed by atoms with Crippen molar-refractivity contribution in [3.05, 3.63) is 35.6 Å². The Morgan fingerprint density at radius 1 is 1.26 bits per heavy atom. The first kappa shape index (κ1) is 18.1. The van der Waals surface area contributed by atoms with E-state index in [2.05, 4.69) is 22.5 Å². The molecule has 23 heavy (non-hydrogen) atoms. The Labute approximate surface area is 142 Å². The summed E-state index contributed by atoms with van der Waals surface area (Å²) >= 11 is 2.00. The van der Waals surface area contributed by atoms with Gasteiger partial charge in [0.15, 0.2) is 5.96 Å². The Balaban J connectivity index is 1.85. The van der Waals surface area contributed by atoms with Crippen LogP contribution in [0.15, 0.2) is 29.3 Å². The van der Waals surface area contributed by atoms with Gasteiger partial charge in [-0.15, -0.1) is 0 Å². The molecule has 0 unspecified atom stereocenters. The van der Waals surface area contributed by atoms with E-state index in [4.69, 9.17) is 4.74 Å². The second kappa shape index (κ2) is 9.13. The van der Waals surface area contributed by atoms with E-state index in [9.17, 15) is 4.39 Å². The third-order valence-corrected chi connectivity index (χ3v) is 5.48. The highest BCUT2D eigenvalue weighted by molar-refractivity contribution is 8.00. The molecule has 0 aliphatic carbocycles. The Morgan fingerprint density at radius 3 is 2.57 bits per heavy atom. The Bertz CT molecular complexity index is 496. The smallest absolute Gasteiger partial charge is 0.191 e. The second-order valence-corrected chi connectivity index (χ2v) is 7.37. The summed E-state index contributed by atoms with van der Waals surface area (Å²) in [5.74, 6) is 1.66. The molecule has 0 radical (unpaired) electrons. The van der Waals surface area contributed by atoms with Gasteiger partial charge in [-0.05, 0) is 36.3 Å². The highest BCUT2D eigenvalue weighted by Crippen LogP contribution is 2.34. The molecule has 1 saturated heterocycles. The third kappa shape index (κ3) is 5.70. The van der Waals surface area contributed by atoms with E-state index in [1.807, 2.05) is 11.8 Å². The van der Waals surface area contributed by atoms with E-state index in [0.29, 0.717) is 6.54 Å². The number of halogens is 1. The molecule has 1 heterocycles. The van der Waals surface area contributed by atoms with Crippen LogP contribution in [0, 0.1) is 5.82 Å². The van der Waals surface area contributed by atoms with Crippen LogP contribution in [0.25, 0.3) is 0 Å². The highest BCUT2D eigenvalue weighted by atomic mass is 32.2. The summed E-state index contributed by atoms with van der Waals surface area (Å²) in [7, 11) is 1.77. The van der Waals surface area contributed by atoms with Crippen molar-refractivity contribution in [3.63, 3.8) is 0 Å². The minimum atomic E-state index is -0.214. The molecule has 1 fully saturated rings. The average molecular weight is 339 g/mol. The molecule has 128 valence electrons. The summed E-state index contributed by atoms with van der Waals surface area (Å²) in [5, 5.41) is 6.71. The predicted molar refractivity (Wildman–Crippen MR) is 95.5 cm³/mol. The number of aliphatic imine (C=N–C) groups is 1. The first-order valence-electron chi connectivity index (χ1n) is 8.08. The van der Waals surface area contributed by atoms with Gasteiger partial charge in [0.25, 0.3) is 0 Å². The maximum atomic E-state index is 12.9. The van der Waals surface area contributed by atoms with Crippen molar-refractivity contribution in [2.45, 2.75) is 31.1 Å². The molecule has 0 amide bonds. The molecular formula is C17H26FN3OS. The second-order valence-electron chi connectivity index (χ2n) is 5.63. The fourth-order valence-electron chi connectivity index (χ4n) is 2.68. The molecule has 0 atom stereocenters. The number of rotatable bonds is 6. The van der Waals surface area contributed by atoms with Gasteiger partial charge in [-0.2, -0.15) is 11.8 Å². The number of thioether (sulfide) groups is 1. The van der Waals surface area contributed by atoms with Crippen molar-refractivity contribution in [2.24, 2.45) is 4.99 Å². The summed E-state index contributed by atoms with van der Waals surface area (Å²) < 4.78 is 18.6. The zero-order valence-electron chi connectivity index (χ0n) is 13.9. The fraction of sp³-hybridized carbons (Fsp3) is 0.588. The lowest BCUT2D eigenvalue weighted by Gasteiger charge is -2.37. The average Bonchev–Trinajstić information content (AvgIpc) is 2.58. The van der Waals surface area contributed by atoms with Gasteiger partial charge in [-0.25, -0.2) is 4.39 Å². The molecule has 0 saturated carbocycles. The van der Waals surface area contributed by atoms with Gasteiger partial charge >= 0.3 is 0 Å². The van der Waals surface area contributed by atoms with Gasteiger partial charge in [0.2, 0.25) is 0 Å². The van der Waals surface area contributed by atoms with Crippen molar-refractivity contribution < 1.29 is 9.13 Å². The van der Waals surface area contributed by atoms with Gasteiger partial charge in [0, 0.05) is 38.1 Å². The summed E-state index contributed by atoms with van der Waals surface area (Å²) in [5.41, 5.74) is 1.03. The Kier molecular flexibility index (Phi) is 7.17. The van der Waals surface area contributed by atoms with Crippen molar-refractivity contribution >= 4 is 17.7 Å². The first-order chi connectivity index (χ1) is 11.2. The number of nitrogens with zero attached hydrogens (tertiary/aromatic N) is 1. The minimum Gasteiger partial charge on any atom is -0.381 e. The summed E-state index contributed by atoms with van der Waals surface area (Å²) in [6, 6.07) is 6.51. The number of hydrogen-bond acceptors (Lipinski definition) is 3. The lowest BCUT2D eigenvalue weighted by Crippen LogP contribution is -2.48. The highest BCUT2D eigenvalue weighted by Gasteiger charge is 2.32. The molecule has 1 aliphatic heterocycles. The van der Waals surface area contributed by atoms with Gasteiger partial charge in [0.05, 0.1) is 0 Å². The zero-order valence-corrected chi connectivity index (χ0v) is 14.7. The Hall–Kier alpha value is -1.27. The SMILES string of the molecule is CCSC1(CNC(=NC)NCc2ccc(F)cc2)CCOCC1. The quantitative estimate of drug-likeness (QED) is 0.618. The standard InChI is InChI=1S/C17H26FN3OS/c1-3-23-17(8-10-22-11-9-17)13-21-16(19-2)20-12-14-4-6-15(18)7-5-14/h4-7H,3,8-13H2,1-2H3,(H2,19,20,21). The van der Waals surface area contributed by atoms with Gasteiger partial charge in [-0.3, -0.25) is 4.99 Å². The van der Waals surface area contributed by atoms with Gasteiger partial charge in [0.1, 0.15) is 5.82 Å². The molecular weight excluding hydrogens is 313 g/mol. The summed E-state index contributed by atoms with van der Waals surface area (Å²) in [4.78, 5) is 4.28. The maximum absolute atomic E-state index is 12.9. The number of guanidine groups is 1. The molecule has 1 aromatic carbocycles. The molecule has 6 heteroatoms. The predicted octanol–water partition coefficient (Wildman–Crippen LogP) is 2.79. The van der Waals surface area contributed by atoms with Crippen LogP contribution in [0.3, 0.4) is 0 Å². The molecule has 0 bridgehead atoms. The van der Waals surface area contributed by atoms with Crippen molar-refractivity contribution in [1.29, 1.82) is 0 Å². The molecule has 1 aromatic rings. The van der Waals surface area contributed by atoms with Crippen LogP contribution < -0.4 is 10.6 Å². The summed E-state index contributed by atoms with van der Waals surface area (Å²) in [6.45, 7) is 5.35. The molecule has 2 rings (SSSR count). The van der Waals surface area contributed by atoms with Crippen molar-refractivity contribution in [3.8, 4) is 0 Å². The zero-order chi connectivity index (χ0) is 16.5. The molecule has 0 spiro atoms. The van der Waals surface area contributed by atoms with Crippen molar-refractivity contribution in [1.82, 2.24) is 10.6 Å². The minimum absolute atomic E-state index is 0.214. The first-order valence-corrected chi connectivity index (χ1v) is 9.07. The van der Waals surface area contributed by atoms with Gasteiger partial charge in [-0.1, -0.05) is 19.1 Å². The van der Waals surface area contributed by atoms with E-state index in [1.165, 1.54) is 12.1 Å². The van der Waals surface area contributed by atoms with Crippen LogP contribution in [0.4, 0.5) is 4.39 Å². The number of hydrogen-bond donors (Lipinski definition) is 2. The number of ether oxygens (including phenoxy) is 1. The van der Waals surface area contributed by atoms with Crippen LogP contribution >= 0.6 is 11.8 Å². The van der Waals surface area contributed by atoms with E-state index < -0.39 is 0 Å². The lowest BCUT2D eigenvalue weighted by atomic mass is 9.99. The fourth-order valence-corrected chi connectivity index (χ4v) is 3.92. The third-order valence-electron chi connectivity index (χ3n) is 4.03. The van der Waals surface area contributed by atoms with E-state index in [1.54, 1.807) is 19.2 Å². The lowest BCUT2D eigenvalue weighted by molar-refractivity contribution is 0.0782. The van der Waals surface area contributed by atoms with E-state index >= 15 is 0 Å². The van der Waals surface area contributed by atoms with Crippen LogP contribution in [-0.4, -0.2) is 43.3 Å². The molecule has 1 aliphatic rings. The monoisotopic (exact) mass is 339 g/mol. The Morgan fingerprint density at radius 2 is 1.96 bits per heavy atom. The molecule has 4 nitrogen and oxygen atoms in total.